The summed E-state index contributed by atoms with van der Waals surface area (Å²) < 4.78 is 2.65. The number of nitrogens with one attached hydrogen (secondary N) is 1. The fraction of sp³-hybridized carbons (Fsp3) is 0.200. The molecule has 0 aliphatic carbocycles. The normalized spacial score (nSPS) is 11.1. The highest BCUT2D eigenvalue weighted by molar-refractivity contribution is 7.99. The van der Waals surface area contributed by atoms with Crippen LogP contribution in [0, 0.1) is 11.6 Å². The van der Waals surface area contributed by atoms with Crippen LogP contribution in [0.25, 0.3) is 5.65 Å². The molecule has 4 nitrogen and oxygen atoms in total. The molecule has 0 unspecified atom stereocenters. The molecule has 1 aromatic carbocycles. The maximum Gasteiger partial charge on any atom is 0.169 e. The Morgan fingerprint density at radius 1 is 1.33 bits per heavy atom. The molecule has 0 saturated carbocycles. The highest BCUT2D eigenvalue weighted by atomic mass is 32.2. The van der Waals surface area contributed by atoms with E-state index in [-0.39, 0.29) is 0 Å². The van der Waals surface area contributed by atoms with Gasteiger partial charge >= 0.3 is 0 Å². The van der Waals surface area contributed by atoms with Crippen molar-refractivity contribution >= 4 is 29.6 Å². The van der Waals surface area contributed by atoms with Crippen LogP contribution in [0.3, 0.4) is 0 Å². The second-order valence-corrected chi connectivity index (χ2v) is 6.26. The molecule has 2 aromatic heterocycles. The number of hydrogen-bond acceptors (Lipinski definition) is 4. The Morgan fingerprint density at radius 2 is 2.10 bits per heavy atom. The Bertz CT molecular complexity index is 821. The van der Waals surface area contributed by atoms with Crippen LogP contribution in [-0.2, 0) is 6.42 Å². The van der Waals surface area contributed by atoms with E-state index in [4.69, 9.17) is 22.9 Å². The van der Waals surface area contributed by atoms with Crippen molar-refractivity contribution in [2.24, 2.45) is 5.73 Å². The number of nitrogens with two attached hydrogens (primary N) is 1. The van der Waals surface area contributed by atoms with Crippen LogP contribution in [0.5, 0.6) is 0 Å². The van der Waals surface area contributed by atoms with E-state index in [1.165, 1.54) is 0 Å². The molecule has 6 heteroatoms. The summed E-state index contributed by atoms with van der Waals surface area (Å²) in [4.78, 5) is 6.84. The summed E-state index contributed by atoms with van der Waals surface area (Å²) in [5.41, 5.74) is 8.59. The number of aromatic amines is 1. The van der Waals surface area contributed by atoms with E-state index in [0.717, 1.165) is 33.2 Å². The number of H-pyrrole nitrogens is 1. The number of benzene rings is 1. The van der Waals surface area contributed by atoms with Gasteiger partial charge in [0, 0.05) is 22.7 Å². The van der Waals surface area contributed by atoms with E-state index in [2.05, 4.69) is 17.2 Å². The molecule has 0 amide bonds. The van der Waals surface area contributed by atoms with Gasteiger partial charge in [0.1, 0.15) is 4.64 Å². The summed E-state index contributed by atoms with van der Waals surface area (Å²) >= 11 is 7.09. The Morgan fingerprint density at radius 3 is 2.81 bits per heavy atom. The van der Waals surface area contributed by atoms with Gasteiger partial charge in [-0.05, 0) is 31.7 Å². The van der Waals surface area contributed by atoms with Crippen LogP contribution >= 0.6 is 24.0 Å². The minimum absolute atomic E-state index is 0.592. The molecule has 0 aliphatic rings. The molecule has 0 saturated heterocycles. The minimum atomic E-state index is 0.592. The molecule has 0 radical (unpaired) electrons. The lowest BCUT2D eigenvalue weighted by Gasteiger charge is -2.05. The summed E-state index contributed by atoms with van der Waals surface area (Å²) in [5, 5.41) is 3.20. The first-order valence-corrected chi connectivity index (χ1v) is 7.95. The summed E-state index contributed by atoms with van der Waals surface area (Å²) in [6, 6.07) is 12.2. The van der Waals surface area contributed by atoms with Crippen LogP contribution < -0.4 is 5.73 Å². The second kappa shape index (κ2) is 6.01. The van der Waals surface area contributed by atoms with Gasteiger partial charge in [0.05, 0.1) is 4.90 Å². The highest BCUT2D eigenvalue weighted by Crippen LogP contribution is 2.31. The topological polar surface area (TPSA) is 59.1 Å². The van der Waals surface area contributed by atoms with Crippen molar-refractivity contribution in [1.82, 2.24) is 14.6 Å². The lowest BCUT2D eigenvalue weighted by Crippen LogP contribution is -2.07. The van der Waals surface area contributed by atoms with Crippen LogP contribution in [0.2, 0.25) is 0 Å². The summed E-state index contributed by atoms with van der Waals surface area (Å²) in [6.07, 6.45) is 0.769. The second-order valence-electron chi connectivity index (χ2n) is 4.77. The molecule has 3 N–H and O–H groups in total. The zero-order valence-electron chi connectivity index (χ0n) is 11.7. The maximum atomic E-state index is 5.64. The first kappa shape index (κ1) is 14.3. The minimum Gasteiger partial charge on any atom is -0.330 e. The smallest absolute Gasteiger partial charge is 0.169 e. The standard InChI is InChI=1S/C15H16N4S2/c1-10-9-11(7-8-16)17-14-13(15(20)18-19(10)14)21-12-5-3-2-4-6-12/h2-6,9H,7-8,16H2,1H3,(H,18,20). The molecular weight excluding hydrogens is 300 g/mol. The van der Waals surface area contributed by atoms with E-state index in [9.17, 15) is 0 Å². The Hall–Kier alpha value is -1.63. The SMILES string of the molecule is Cc1cc(CCN)nc2c(Sc3ccccc3)c(=S)[nH]n12. The van der Waals surface area contributed by atoms with Gasteiger partial charge in [-0.1, -0.05) is 42.2 Å². The van der Waals surface area contributed by atoms with Gasteiger partial charge in [-0.2, -0.15) is 0 Å². The van der Waals surface area contributed by atoms with Crippen molar-refractivity contribution in [3.8, 4) is 0 Å². The predicted octanol–water partition coefficient (Wildman–Crippen LogP) is 3.35. The van der Waals surface area contributed by atoms with Gasteiger partial charge in [-0.3, -0.25) is 5.10 Å². The van der Waals surface area contributed by atoms with Crippen molar-refractivity contribution < 1.29 is 0 Å². The first-order valence-electron chi connectivity index (χ1n) is 6.73. The quantitative estimate of drug-likeness (QED) is 0.725. The van der Waals surface area contributed by atoms with Gasteiger partial charge in [0.2, 0.25) is 0 Å². The Labute approximate surface area is 132 Å². The van der Waals surface area contributed by atoms with E-state index >= 15 is 0 Å². The van der Waals surface area contributed by atoms with Gasteiger partial charge in [0.15, 0.2) is 5.65 Å². The fourth-order valence-electron chi connectivity index (χ4n) is 2.21. The summed E-state index contributed by atoms with van der Waals surface area (Å²) in [7, 11) is 0. The Kier molecular flexibility index (Phi) is 4.10. The highest BCUT2D eigenvalue weighted by Gasteiger charge is 2.12. The van der Waals surface area contributed by atoms with Gasteiger partial charge in [-0.15, -0.1) is 0 Å². The molecule has 0 bridgehead atoms. The van der Waals surface area contributed by atoms with Gasteiger partial charge in [0.25, 0.3) is 0 Å². The largest absolute Gasteiger partial charge is 0.330 e. The van der Waals surface area contributed by atoms with E-state index < -0.39 is 0 Å². The average Bonchev–Trinajstić information content (AvgIpc) is 2.78. The van der Waals surface area contributed by atoms with E-state index in [1.54, 1.807) is 11.8 Å². The third-order valence-corrected chi connectivity index (χ3v) is 4.70. The number of hydrogen-bond donors (Lipinski definition) is 2. The molecule has 108 valence electrons. The van der Waals surface area contributed by atoms with Crippen LogP contribution in [0.4, 0.5) is 0 Å². The van der Waals surface area contributed by atoms with Gasteiger partial charge < -0.3 is 5.73 Å². The van der Waals surface area contributed by atoms with E-state index in [1.807, 2.05) is 35.7 Å². The molecule has 0 atom stereocenters. The predicted molar refractivity (Wildman–Crippen MR) is 88.4 cm³/mol. The Balaban J connectivity index is 2.13. The monoisotopic (exact) mass is 316 g/mol. The first-order chi connectivity index (χ1) is 10.2. The summed E-state index contributed by atoms with van der Waals surface area (Å²) in [6.45, 7) is 2.63. The maximum absolute atomic E-state index is 5.64. The van der Waals surface area contributed by atoms with Crippen LogP contribution in [-0.4, -0.2) is 21.1 Å². The van der Waals surface area contributed by atoms with Crippen molar-refractivity contribution in [2.45, 2.75) is 23.1 Å². The third-order valence-electron chi connectivity index (χ3n) is 3.18. The van der Waals surface area contributed by atoms with Crippen molar-refractivity contribution in [3.05, 3.63) is 52.4 Å². The number of fused-ring (bicyclic) bond motifs is 1. The number of nitrogens with zero attached hydrogens (tertiary/aromatic N) is 2. The van der Waals surface area contributed by atoms with Crippen LogP contribution in [0.15, 0.2) is 46.2 Å². The van der Waals surface area contributed by atoms with E-state index in [0.29, 0.717) is 11.2 Å². The molecule has 2 heterocycles. The lowest BCUT2D eigenvalue weighted by molar-refractivity contribution is 0.851. The van der Waals surface area contributed by atoms with Crippen LogP contribution in [0.1, 0.15) is 11.4 Å². The fourth-order valence-corrected chi connectivity index (χ4v) is 3.42. The molecule has 3 rings (SSSR count). The molecular formula is C15H16N4S2. The molecule has 0 fully saturated rings. The molecule has 0 spiro atoms. The zero-order valence-corrected chi connectivity index (χ0v) is 13.3. The molecule has 3 aromatic rings. The lowest BCUT2D eigenvalue weighted by atomic mass is 10.2. The number of rotatable bonds is 4. The van der Waals surface area contributed by atoms with Gasteiger partial charge in [-0.25, -0.2) is 9.50 Å². The van der Waals surface area contributed by atoms with Crippen molar-refractivity contribution in [2.75, 3.05) is 6.54 Å². The van der Waals surface area contributed by atoms with Crippen molar-refractivity contribution in [1.29, 1.82) is 0 Å². The molecule has 21 heavy (non-hydrogen) atoms. The third kappa shape index (κ3) is 2.88. The molecule has 0 aliphatic heterocycles. The number of aromatic nitrogens is 3. The average molecular weight is 316 g/mol. The summed E-state index contributed by atoms with van der Waals surface area (Å²) in [5.74, 6) is 0. The van der Waals surface area contributed by atoms with Crippen molar-refractivity contribution in [3.63, 3.8) is 0 Å². The number of aryl methyl sites for hydroxylation is 1. The zero-order chi connectivity index (χ0) is 14.8.